The van der Waals surface area contributed by atoms with Crippen molar-refractivity contribution in [2.75, 3.05) is 6.54 Å². The quantitative estimate of drug-likeness (QED) is 0.135. The predicted molar refractivity (Wildman–Crippen MR) is 107 cm³/mol. The number of imidazole rings is 1. The van der Waals surface area contributed by atoms with Crippen molar-refractivity contribution >= 4 is 35.5 Å². The first kappa shape index (κ1) is 26.0. The molecule has 15 nitrogen and oxygen atoms in total. The summed E-state index contributed by atoms with van der Waals surface area (Å²) in [7, 11) is 0. The monoisotopic (exact) mass is 454 g/mol. The Kier molecular flexibility index (Phi) is 10.3. The van der Waals surface area contributed by atoms with Crippen molar-refractivity contribution in [3.63, 3.8) is 0 Å². The Hall–Kier alpha value is -4.01. The van der Waals surface area contributed by atoms with E-state index in [1.165, 1.54) is 12.5 Å². The molecule has 0 spiro atoms. The van der Waals surface area contributed by atoms with Gasteiger partial charge in [-0.2, -0.15) is 0 Å². The van der Waals surface area contributed by atoms with Crippen LogP contribution in [0.2, 0.25) is 0 Å². The Bertz CT molecular complexity index is 842. The number of amides is 5. The molecular formula is C17H26N8O7. The molecule has 0 saturated carbocycles. The molecule has 1 aromatic heterocycles. The molecule has 15 heteroatoms. The molecule has 0 aliphatic carbocycles. The first-order valence-electron chi connectivity index (χ1n) is 9.40. The summed E-state index contributed by atoms with van der Waals surface area (Å²) >= 11 is 0. The first-order chi connectivity index (χ1) is 15.0. The smallest absolute Gasteiger partial charge is 0.326 e. The summed E-state index contributed by atoms with van der Waals surface area (Å²) in [5.41, 5.74) is 15.8. The van der Waals surface area contributed by atoms with E-state index in [-0.39, 0.29) is 19.3 Å². The zero-order chi connectivity index (χ0) is 24.3. The second-order valence-electron chi connectivity index (χ2n) is 6.74. The number of hydrogen-bond acceptors (Lipinski definition) is 8. The molecule has 0 aliphatic rings. The number of carbonyl (C=O) groups is 6. The van der Waals surface area contributed by atoms with Crippen LogP contribution in [0, 0.1) is 0 Å². The van der Waals surface area contributed by atoms with E-state index in [2.05, 4.69) is 25.9 Å². The van der Waals surface area contributed by atoms with Crippen molar-refractivity contribution in [2.45, 2.75) is 43.8 Å². The molecule has 32 heavy (non-hydrogen) atoms. The highest BCUT2D eigenvalue weighted by Crippen LogP contribution is 2.04. The van der Waals surface area contributed by atoms with Crippen LogP contribution in [-0.2, 0) is 35.2 Å². The molecule has 1 rings (SSSR count). The van der Waals surface area contributed by atoms with Crippen molar-refractivity contribution < 1.29 is 33.9 Å². The molecule has 1 heterocycles. The van der Waals surface area contributed by atoms with Crippen molar-refractivity contribution in [1.29, 1.82) is 0 Å². The number of aliphatic carboxylic acids is 1. The molecule has 0 aromatic carbocycles. The van der Waals surface area contributed by atoms with Crippen LogP contribution >= 0.6 is 0 Å². The molecule has 0 saturated heterocycles. The SMILES string of the molecule is NCC(=O)NC(CC(N)=O)C(=O)NC(Cc1cnc[nH]1)C(=O)NC(CCC(N)=O)C(=O)O. The lowest BCUT2D eigenvalue weighted by molar-refractivity contribution is -0.142. The van der Waals surface area contributed by atoms with Crippen LogP contribution in [0.4, 0.5) is 0 Å². The summed E-state index contributed by atoms with van der Waals surface area (Å²) in [5.74, 6) is -5.61. The Morgan fingerprint density at radius 1 is 0.969 bits per heavy atom. The number of aromatic nitrogens is 2. The lowest BCUT2D eigenvalue weighted by Crippen LogP contribution is -2.57. The third-order valence-corrected chi connectivity index (χ3v) is 4.15. The van der Waals surface area contributed by atoms with Gasteiger partial charge in [-0.1, -0.05) is 0 Å². The van der Waals surface area contributed by atoms with Crippen LogP contribution in [0.1, 0.15) is 25.0 Å². The third kappa shape index (κ3) is 9.21. The summed E-state index contributed by atoms with van der Waals surface area (Å²) in [6.07, 6.45) is 1.46. The number of H-pyrrole nitrogens is 1. The van der Waals surface area contributed by atoms with Gasteiger partial charge in [0.1, 0.15) is 18.1 Å². The second kappa shape index (κ2) is 12.6. The van der Waals surface area contributed by atoms with E-state index >= 15 is 0 Å². The number of nitrogens with zero attached hydrogens (tertiary/aromatic N) is 1. The maximum Gasteiger partial charge on any atom is 0.326 e. The average molecular weight is 454 g/mol. The summed E-state index contributed by atoms with van der Waals surface area (Å²) in [6, 6.07) is -4.19. The minimum Gasteiger partial charge on any atom is -0.480 e. The predicted octanol–water partition coefficient (Wildman–Crippen LogP) is -4.41. The van der Waals surface area contributed by atoms with E-state index in [0.29, 0.717) is 5.69 Å². The number of carbonyl (C=O) groups excluding carboxylic acids is 5. The molecule has 0 radical (unpaired) electrons. The third-order valence-electron chi connectivity index (χ3n) is 4.15. The van der Waals surface area contributed by atoms with Gasteiger partial charge >= 0.3 is 5.97 Å². The first-order valence-corrected chi connectivity index (χ1v) is 9.40. The van der Waals surface area contributed by atoms with Crippen LogP contribution in [-0.4, -0.2) is 75.2 Å². The van der Waals surface area contributed by atoms with Gasteiger partial charge in [-0.05, 0) is 6.42 Å². The fraction of sp³-hybridized carbons (Fsp3) is 0.471. The van der Waals surface area contributed by atoms with Gasteiger partial charge in [0.2, 0.25) is 29.5 Å². The van der Waals surface area contributed by atoms with Gasteiger partial charge in [0.05, 0.1) is 19.3 Å². The van der Waals surface area contributed by atoms with E-state index in [4.69, 9.17) is 17.2 Å². The largest absolute Gasteiger partial charge is 0.480 e. The van der Waals surface area contributed by atoms with Crippen LogP contribution in [0.5, 0.6) is 0 Å². The molecule has 176 valence electrons. The van der Waals surface area contributed by atoms with Crippen molar-refractivity contribution in [3.8, 4) is 0 Å². The van der Waals surface area contributed by atoms with Crippen molar-refractivity contribution in [3.05, 3.63) is 18.2 Å². The number of nitrogens with one attached hydrogen (secondary N) is 4. The van der Waals surface area contributed by atoms with Gasteiger partial charge in [-0.3, -0.25) is 24.0 Å². The number of aromatic amines is 1. The zero-order valence-corrected chi connectivity index (χ0v) is 17.0. The molecule has 1 aromatic rings. The van der Waals surface area contributed by atoms with Gasteiger partial charge in [-0.15, -0.1) is 0 Å². The molecule has 0 fully saturated rings. The van der Waals surface area contributed by atoms with E-state index < -0.39 is 66.6 Å². The topological polar surface area (TPSA) is 265 Å². The number of carboxylic acids is 1. The van der Waals surface area contributed by atoms with Gasteiger partial charge in [0.25, 0.3) is 0 Å². The molecular weight excluding hydrogens is 428 g/mol. The molecule has 11 N–H and O–H groups in total. The number of rotatable bonds is 14. The Morgan fingerprint density at radius 3 is 2.09 bits per heavy atom. The molecule has 0 bridgehead atoms. The highest BCUT2D eigenvalue weighted by molar-refractivity contribution is 5.95. The molecule has 3 atom stereocenters. The van der Waals surface area contributed by atoms with Crippen LogP contribution < -0.4 is 33.2 Å². The van der Waals surface area contributed by atoms with Gasteiger partial charge in [-0.25, -0.2) is 9.78 Å². The molecule has 5 amide bonds. The van der Waals surface area contributed by atoms with E-state index in [1.54, 1.807) is 0 Å². The Morgan fingerprint density at radius 2 is 1.59 bits per heavy atom. The zero-order valence-electron chi connectivity index (χ0n) is 17.0. The standard InChI is InChI=1S/C17H26N8O7/c18-5-14(28)23-11(4-13(20)27)16(30)25-10(3-8-6-21-7-22-8)15(29)24-9(17(31)32)1-2-12(19)26/h6-7,9-11H,1-5,18H2,(H2,19,26)(H2,20,27)(H,21,22)(H,23,28)(H,24,29)(H,25,30)(H,31,32). The maximum absolute atomic E-state index is 12.7. The number of hydrogen-bond donors (Lipinski definition) is 8. The minimum atomic E-state index is -1.45. The van der Waals surface area contributed by atoms with E-state index in [9.17, 15) is 33.9 Å². The Balaban J connectivity index is 3.02. The lowest BCUT2D eigenvalue weighted by atomic mass is 10.1. The Labute approximate surface area is 181 Å². The van der Waals surface area contributed by atoms with Crippen LogP contribution in [0.15, 0.2) is 12.5 Å². The van der Waals surface area contributed by atoms with E-state index in [1.807, 2.05) is 0 Å². The highest BCUT2D eigenvalue weighted by atomic mass is 16.4. The normalized spacial score (nSPS) is 13.3. The van der Waals surface area contributed by atoms with Crippen LogP contribution in [0.3, 0.4) is 0 Å². The average Bonchev–Trinajstić information content (AvgIpc) is 3.22. The fourth-order valence-electron chi connectivity index (χ4n) is 2.58. The van der Waals surface area contributed by atoms with Crippen LogP contribution in [0.25, 0.3) is 0 Å². The minimum absolute atomic E-state index is 0.131. The summed E-state index contributed by atoms with van der Waals surface area (Å²) < 4.78 is 0. The molecule has 3 unspecified atom stereocenters. The number of nitrogens with two attached hydrogens (primary N) is 3. The number of primary amides is 2. The maximum atomic E-state index is 12.7. The summed E-state index contributed by atoms with van der Waals surface area (Å²) in [6.45, 7) is -0.458. The second-order valence-corrected chi connectivity index (χ2v) is 6.74. The summed E-state index contributed by atoms with van der Waals surface area (Å²) in [4.78, 5) is 77.1. The van der Waals surface area contributed by atoms with Gasteiger partial charge in [0.15, 0.2) is 0 Å². The van der Waals surface area contributed by atoms with Crippen molar-refractivity contribution in [2.24, 2.45) is 17.2 Å². The lowest BCUT2D eigenvalue weighted by Gasteiger charge is -2.23. The van der Waals surface area contributed by atoms with Gasteiger partial charge in [0, 0.05) is 24.7 Å². The van der Waals surface area contributed by atoms with E-state index in [0.717, 1.165) is 0 Å². The summed E-state index contributed by atoms with van der Waals surface area (Å²) in [5, 5.41) is 16.1. The highest BCUT2D eigenvalue weighted by Gasteiger charge is 2.30. The van der Waals surface area contributed by atoms with Crippen molar-refractivity contribution in [1.82, 2.24) is 25.9 Å². The fourth-order valence-corrected chi connectivity index (χ4v) is 2.58. The number of carboxylic acid groups (broad SMARTS) is 1. The molecule has 0 aliphatic heterocycles. The van der Waals surface area contributed by atoms with Gasteiger partial charge < -0.3 is 43.2 Å².